The first-order chi connectivity index (χ1) is 13.3. The normalized spacial score (nSPS) is 17.8. The molecule has 0 bridgehead atoms. The van der Waals surface area contributed by atoms with E-state index in [0.717, 1.165) is 53.0 Å². The number of hydrogen-bond acceptors (Lipinski definition) is 5. The van der Waals surface area contributed by atoms with Crippen LogP contribution < -0.4 is 4.90 Å². The van der Waals surface area contributed by atoms with Gasteiger partial charge in [-0.25, -0.2) is 8.42 Å². The van der Waals surface area contributed by atoms with Crippen LogP contribution in [-0.2, 0) is 22.9 Å². The van der Waals surface area contributed by atoms with Gasteiger partial charge in [-0.15, -0.1) is 5.10 Å². The second kappa shape index (κ2) is 7.12. The highest BCUT2D eigenvalue weighted by Crippen LogP contribution is 2.30. The molecule has 1 aromatic heterocycles. The van der Waals surface area contributed by atoms with E-state index < -0.39 is 10.0 Å². The molecular weight excluding hydrogens is 372 g/mol. The molecule has 28 heavy (non-hydrogen) atoms. The Bertz CT molecular complexity index is 999. The van der Waals surface area contributed by atoms with Gasteiger partial charge in [0.05, 0.1) is 10.6 Å². The average Bonchev–Trinajstić information content (AvgIpc) is 3.14. The lowest BCUT2D eigenvalue weighted by molar-refractivity contribution is 0.383. The van der Waals surface area contributed by atoms with E-state index in [0.29, 0.717) is 31.1 Å². The van der Waals surface area contributed by atoms with Crippen molar-refractivity contribution in [1.82, 2.24) is 14.5 Å². The van der Waals surface area contributed by atoms with Crippen LogP contribution in [0.25, 0.3) is 0 Å². The Morgan fingerprint density at radius 3 is 2.14 bits per heavy atom. The van der Waals surface area contributed by atoms with Crippen LogP contribution in [0, 0.1) is 27.7 Å². The van der Waals surface area contributed by atoms with E-state index in [2.05, 4.69) is 27.2 Å². The Kier molecular flexibility index (Phi) is 4.91. The van der Waals surface area contributed by atoms with Gasteiger partial charge < -0.3 is 4.90 Å². The Morgan fingerprint density at radius 1 is 0.857 bits per heavy atom. The number of rotatable bonds is 3. The first-order valence-corrected chi connectivity index (χ1v) is 11.4. The van der Waals surface area contributed by atoms with Crippen molar-refractivity contribution >= 4 is 15.8 Å². The highest BCUT2D eigenvalue weighted by molar-refractivity contribution is 7.89. The fourth-order valence-electron chi connectivity index (χ4n) is 4.33. The largest absolute Gasteiger partial charge is 0.352 e. The molecule has 0 N–H and O–H groups in total. The van der Waals surface area contributed by atoms with Gasteiger partial charge in [0.1, 0.15) is 0 Å². The molecular formula is C21H28N4O2S. The fraction of sp³-hybridized carbons (Fsp3) is 0.524. The summed E-state index contributed by atoms with van der Waals surface area (Å²) < 4.78 is 28.4. The van der Waals surface area contributed by atoms with Crippen molar-refractivity contribution in [2.45, 2.75) is 51.9 Å². The van der Waals surface area contributed by atoms with Gasteiger partial charge in [-0.1, -0.05) is 6.07 Å². The van der Waals surface area contributed by atoms with Crippen molar-refractivity contribution in [3.05, 3.63) is 45.6 Å². The van der Waals surface area contributed by atoms with E-state index in [4.69, 9.17) is 0 Å². The number of piperazine rings is 1. The summed E-state index contributed by atoms with van der Waals surface area (Å²) >= 11 is 0. The molecule has 2 aromatic rings. The summed E-state index contributed by atoms with van der Waals surface area (Å²) in [5, 5.41) is 8.75. The molecule has 150 valence electrons. The van der Waals surface area contributed by atoms with Crippen molar-refractivity contribution in [2.24, 2.45) is 0 Å². The van der Waals surface area contributed by atoms with Crippen LogP contribution in [0.5, 0.6) is 0 Å². The molecule has 0 unspecified atom stereocenters. The highest BCUT2D eigenvalue weighted by atomic mass is 32.2. The second-order valence-electron chi connectivity index (χ2n) is 8.01. The van der Waals surface area contributed by atoms with E-state index in [9.17, 15) is 8.42 Å². The van der Waals surface area contributed by atoms with Crippen LogP contribution >= 0.6 is 0 Å². The Labute approximate surface area is 167 Å². The summed E-state index contributed by atoms with van der Waals surface area (Å²) in [5.74, 6) is 0.872. The average molecular weight is 401 g/mol. The number of hydrogen-bond donors (Lipinski definition) is 0. The van der Waals surface area contributed by atoms with Crippen LogP contribution in [0.2, 0.25) is 0 Å². The van der Waals surface area contributed by atoms with E-state index in [1.807, 2.05) is 27.7 Å². The number of anilines is 1. The first-order valence-electron chi connectivity index (χ1n) is 9.97. The van der Waals surface area contributed by atoms with Crippen molar-refractivity contribution < 1.29 is 8.42 Å². The molecule has 1 aromatic carbocycles. The number of aromatic nitrogens is 2. The van der Waals surface area contributed by atoms with Gasteiger partial charge in [0.25, 0.3) is 0 Å². The van der Waals surface area contributed by atoms with Crippen LogP contribution in [0.4, 0.5) is 5.82 Å². The molecule has 2 aliphatic rings. The third-order valence-corrected chi connectivity index (χ3v) is 8.44. The van der Waals surface area contributed by atoms with Gasteiger partial charge in [-0.3, -0.25) is 0 Å². The second-order valence-corrected chi connectivity index (χ2v) is 9.88. The Balaban J connectivity index is 1.55. The fourth-order valence-corrected chi connectivity index (χ4v) is 6.32. The van der Waals surface area contributed by atoms with Gasteiger partial charge in [-0.2, -0.15) is 9.40 Å². The summed E-state index contributed by atoms with van der Waals surface area (Å²) in [5.41, 5.74) is 6.17. The first kappa shape index (κ1) is 19.3. The maximum atomic E-state index is 13.4. The topological polar surface area (TPSA) is 66.4 Å². The molecule has 4 rings (SSSR count). The molecule has 1 fully saturated rings. The molecule has 2 heterocycles. The van der Waals surface area contributed by atoms with Gasteiger partial charge in [-0.05, 0) is 80.8 Å². The lowest BCUT2D eigenvalue weighted by Crippen LogP contribution is -2.49. The van der Waals surface area contributed by atoms with Crippen LogP contribution in [0.15, 0.2) is 17.0 Å². The van der Waals surface area contributed by atoms with Gasteiger partial charge in [0.15, 0.2) is 5.82 Å². The molecule has 0 atom stereocenters. The van der Waals surface area contributed by atoms with E-state index in [1.165, 1.54) is 5.56 Å². The maximum absolute atomic E-state index is 13.4. The number of sulfonamides is 1. The minimum atomic E-state index is -3.51. The molecule has 0 saturated carbocycles. The zero-order valence-electron chi connectivity index (χ0n) is 17.1. The number of fused-ring (bicyclic) bond motifs is 1. The third kappa shape index (κ3) is 3.20. The SMILES string of the molecule is Cc1cc(C)c(C)c(S(=O)(=O)N2CCN(c3cc4c(nn3)CCC4)CC2)c1C. The molecule has 1 saturated heterocycles. The number of aryl methyl sites for hydroxylation is 4. The van der Waals surface area contributed by atoms with Gasteiger partial charge in [0.2, 0.25) is 10.0 Å². The summed E-state index contributed by atoms with van der Waals surface area (Å²) in [6.45, 7) is 9.97. The summed E-state index contributed by atoms with van der Waals surface area (Å²) in [6.07, 6.45) is 3.23. The third-order valence-electron chi connectivity index (χ3n) is 6.26. The molecule has 0 amide bonds. The summed E-state index contributed by atoms with van der Waals surface area (Å²) in [6, 6.07) is 4.20. The maximum Gasteiger partial charge on any atom is 0.243 e. The molecule has 1 aliphatic heterocycles. The molecule has 0 radical (unpaired) electrons. The smallest absolute Gasteiger partial charge is 0.243 e. The molecule has 7 heteroatoms. The van der Waals surface area contributed by atoms with E-state index >= 15 is 0 Å². The van der Waals surface area contributed by atoms with Gasteiger partial charge in [0, 0.05) is 26.2 Å². The molecule has 1 aliphatic carbocycles. The van der Waals surface area contributed by atoms with Crippen molar-refractivity contribution in [2.75, 3.05) is 31.1 Å². The predicted molar refractivity (Wildman–Crippen MR) is 110 cm³/mol. The zero-order chi connectivity index (χ0) is 20.1. The zero-order valence-corrected chi connectivity index (χ0v) is 17.9. The predicted octanol–water partition coefficient (Wildman–Crippen LogP) is 2.71. The van der Waals surface area contributed by atoms with E-state index in [-0.39, 0.29) is 0 Å². The lowest BCUT2D eigenvalue weighted by atomic mass is 10.0. The number of nitrogens with zero attached hydrogens (tertiary/aromatic N) is 4. The lowest BCUT2D eigenvalue weighted by Gasteiger charge is -2.35. The summed E-state index contributed by atoms with van der Waals surface area (Å²) in [4.78, 5) is 2.63. The van der Waals surface area contributed by atoms with Crippen molar-refractivity contribution in [3.63, 3.8) is 0 Å². The minimum Gasteiger partial charge on any atom is -0.352 e. The van der Waals surface area contributed by atoms with Crippen LogP contribution in [-0.4, -0.2) is 49.1 Å². The quantitative estimate of drug-likeness (QED) is 0.793. The minimum absolute atomic E-state index is 0.465. The Morgan fingerprint density at radius 2 is 1.50 bits per heavy atom. The standard InChI is InChI=1S/C21H28N4O2S/c1-14-12-15(2)17(4)21(16(14)3)28(26,27)25-10-8-24(9-11-25)20-13-18-6-5-7-19(18)22-23-20/h12-13H,5-11H2,1-4H3. The monoisotopic (exact) mass is 400 g/mol. The van der Waals surface area contributed by atoms with Crippen molar-refractivity contribution in [3.8, 4) is 0 Å². The van der Waals surface area contributed by atoms with E-state index in [1.54, 1.807) is 4.31 Å². The Hall–Kier alpha value is -1.99. The van der Waals surface area contributed by atoms with Crippen molar-refractivity contribution in [1.29, 1.82) is 0 Å². The number of benzene rings is 1. The van der Waals surface area contributed by atoms with Gasteiger partial charge >= 0.3 is 0 Å². The highest BCUT2D eigenvalue weighted by Gasteiger charge is 2.32. The molecule has 0 spiro atoms. The molecule has 6 nitrogen and oxygen atoms in total. The summed E-state index contributed by atoms with van der Waals surface area (Å²) in [7, 11) is -3.51. The van der Waals surface area contributed by atoms with Crippen LogP contribution in [0.1, 0.15) is 39.9 Å². The van der Waals surface area contributed by atoms with Crippen LogP contribution in [0.3, 0.4) is 0 Å².